The molecule has 0 aromatic heterocycles. The van der Waals surface area contributed by atoms with Gasteiger partial charge in [0.05, 0.1) is 6.61 Å². The van der Waals surface area contributed by atoms with Crippen molar-refractivity contribution in [3.8, 4) is 5.75 Å². The van der Waals surface area contributed by atoms with E-state index in [-0.39, 0.29) is 6.04 Å². The highest BCUT2D eigenvalue weighted by Gasteiger charge is 2.26. The van der Waals surface area contributed by atoms with E-state index in [0.29, 0.717) is 5.92 Å². The van der Waals surface area contributed by atoms with E-state index >= 15 is 0 Å². The molecule has 0 radical (unpaired) electrons. The van der Waals surface area contributed by atoms with Crippen molar-refractivity contribution in [1.29, 1.82) is 0 Å². The van der Waals surface area contributed by atoms with Gasteiger partial charge in [0.1, 0.15) is 5.75 Å². The summed E-state index contributed by atoms with van der Waals surface area (Å²) in [6, 6.07) is 8.14. The molecule has 1 aromatic carbocycles. The van der Waals surface area contributed by atoms with Crippen LogP contribution in [0, 0.1) is 5.92 Å². The lowest BCUT2D eigenvalue weighted by atomic mass is 9.88. The second kappa shape index (κ2) is 4.49. The molecule has 1 heterocycles. The minimum Gasteiger partial charge on any atom is -0.493 e. The number of hydrogen-bond acceptors (Lipinski definition) is 2. The zero-order valence-electron chi connectivity index (χ0n) is 8.86. The molecular weight excluding hydrogens is 186 g/mol. The number of hydrogen-bond donors (Lipinski definition) is 1. The maximum absolute atomic E-state index is 6.22. The molecule has 0 amide bonds. The van der Waals surface area contributed by atoms with Crippen molar-refractivity contribution in [3.63, 3.8) is 0 Å². The molecule has 0 saturated heterocycles. The normalized spacial score (nSPS) is 24.1. The van der Waals surface area contributed by atoms with Gasteiger partial charge in [0.15, 0.2) is 0 Å². The minimum absolute atomic E-state index is 0.106. The zero-order valence-corrected chi connectivity index (χ0v) is 8.86. The molecule has 2 rings (SSSR count). The zero-order chi connectivity index (χ0) is 10.7. The number of ether oxygens (including phenoxy) is 1. The highest BCUT2D eigenvalue weighted by atomic mass is 16.5. The summed E-state index contributed by atoms with van der Waals surface area (Å²) in [6.07, 6.45) is 4.00. The van der Waals surface area contributed by atoms with Crippen LogP contribution in [0.3, 0.4) is 0 Å². The van der Waals surface area contributed by atoms with Gasteiger partial charge in [0.25, 0.3) is 0 Å². The predicted molar refractivity (Wildman–Crippen MR) is 61.8 cm³/mol. The van der Waals surface area contributed by atoms with Crippen LogP contribution in [0.2, 0.25) is 0 Å². The largest absolute Gasteiger partial charge is 0.493 e. The molecule has 2 atom stereocenters. The van der Waals surface area contributed by atoms with E-state index in [1.54, 1.807) is 0 Å². The van der Waals surface area contributed by atoms with Gasteiger partial charge in [-0.2, -0.15) is 0 Å². The molecule has 2 unspecified atom stereocenters. The summed E-state index contributed by atoms with van der Waals surface area (Å²) in [5.41, 5.74) is 7.35. The minimum atomic E-state index is 0.106. The first kappa shape index (κ1) is 10.2. The molecule has 2 nitrogen and oxygen atoms in total. The molecule has 80 valence electrons. The summed E-state index contributed by atoms with van der Waals surface area (Å²) in [5, 5.41) is 0. The topological polar surface area (TPSA) is 35.2 Å². The molecule has 0 fully saturated rings. The van der Waals surface area contributed by atoms with Gasteiger partial charge in [0, 0.05) is 17.5 Å². The molecular formula is C13H17NO. The summed E-state index contributed by atoms with van der Waals surface area (Å²) >= 11 is 0. The van der Waals surface area contributed by atoms with Crippen LogP contribution in [0.25, 0.3) is 0 Å². The van der Waals surface area contributed by atoms with Gasteiger partial charge in [-0.25, -0.2) is 0 Å². The van der Waals surface area contributed by atoms with Crippen LogP contribution >= 0.6 is 0 Å². The molecule has 15 heavy (non-hydrogen) atoms. The van der Waals surface area contributed by atoms with Gasteiger partial charge in [-0.3, -0.25) is 0 Å². The quantitative estimate of drug-likeness (QED) is 0.766. The third kappa shape index (κ3) is 2.05. The van der Waals surface area contributed by atoms with Crippen LogP contribution in [0.5, 0.6) is 5.75 Å². The first-order chi connectivity index (χ1) is 7.33. The molecule has 0 spiro atoms. The summed E-state index contributed by atoms with van der Waals surface area (Å²) < 4.78 is 5.69. The first-order valence-electron chi connectivity index (χ1n) is 5.41. The number of nitrogens with two attached hydrogens (primary N) is 1. The first-order valence-corrected chi connectivity index (χ1v) is 5.41. The van der Waals surface area contributed by atoms with E-state index in [0.717, 1.165) is 30.8 Å². The Morgan fingerprint density at radius 1 is 1.47 bits per heavy atom. The summed E-state index contributed by atoms with van der Waals surface area (Å²) in [4.78, 5) is 0. The van der Waals surface area contributed by atoms with Crippen LogP contribution in [0.1, 0.15) is 24.4 Å². The van der Waals surface area contributed by atoms with Crippen molar-refractivity contribution in [1.82, 2.24) is 0 Å². The van der Waals surface area contributed by atoms with Crippen LogP contribution in [0.4, 0.5) is 0 Å². The standard InChI is InChI=1S/C13H17NO/c1-2-3-6-10-9-15-12-8-5-4-7-11(12)13(10)14/h2,4-5,7-8,10,13H,1,3,6,9,14H2. The Labute approximate surface area is 90.7 Å². The molecule has 1 aromatic rings. The molecule has 2 heteroatoms. The number of allylic oxidation sites excluding steroid dienone is 1. The van der Waals surface area contributed by atoms with Crippen molar-refractivity contribution < 1.29 is 4.74 Å². The fourth-order valence-corrected chi connectivity index (χ4v) is 2.04. The monoisotopic (exact) mass is 203 g/mol. The van der Waals surface area contributed by atoms with E-state index in [1.165, 1.54) is 0 Å². The maximum Gasteiger partial charge on any atom is 0.124 e. The SMILES string of the molecule is C=CCCC1COc2ccccc2C1N. The smallest absolute Gasteiger partial charge is 0.124 e. The Hall–Kier alpha value is -1.28. The van der Waals surface area contributed by atoms with Crippen molar-refractivity contribution in [2.75, 3.05) is 6.61 Å². The predicted octanol–water partition coefficient (Wildman–Crippen LogP) is 2.66. The Bertz CT molecular complexity index is 348. The lowest BCUT2D eigenvalue weighted by molar-refractivity contribution is 0.187. The number of para-hydroxylation sites is 1. The average molecular weight is 203 g/mol. The summed E-state index contributed by atoms with van der Waals surface area (Å²) in [6.45, 7) is 4.46. The Kier molecular flexibility index (Phi) is 3.07. The highest BCUT2D eigenvalue weighted by molar-refractivity contribution is 5.37. The van der Waals surface area contributed by atoms with Crippen molar-refractivity contribution in [3.05, 3.63) is 42.5 Å². The van der Waals surface area contributed by atoms with E-state index < -0.39 is 0 Å². The van der Waals surface area contributed by atoms with E-state index in [1.807, 2.05) is 24.3 Å². The molecule has 0 saturated carbocycles. The average Bonchev–Trinajstić information content (AvgIpc) is 2.29. The third-order valence-corrected chi connectivity index (χ3v) is 2.98. The molecule has 2 N–H and O–H groups in total. The number of rotatable bonds is 3. The molecule has 0 bridgehead atoms. The summed E-state index contributed by atoms with van der Waals surface area (Å²) in [5.74, 6) is 1.36. The van der Waals surface area contributed by atoms with Crippen LogP contribution in [0.15, 0.2) is 36.9 Å². The van der Waals surface area contributed by atoms with Gasteiger partial charge in [-0.05, 0) is 18.9 Å². The highest BCUT2D eigenvalue weighted by Crippen LogP contribution is 2.35. The Morgan fingerprint density at radius 3 is 3.07 bits per heavy atom. The fourth-order valence-electron chi connectivity index (χ4n) is 2.04. The van der Waals surface area contributed by atoms with Crippen molar-refractivity contribution >= 4 is 0 Å². The lowest BCUT2D eigenvalue weighted by Crippen LogP contribution is -2.31. The summed E-state index contributed by atoms with van der Waals surface area (Å²) in [7, 11) is 0. The third-order valence-electron chi connectivity index (χ3n) is 2.98. The lowest BCUT2D eigenvalue weighted by Gasteiger charge is -2.30. The Morgan fingerprint density at radius 2 is 2.27 bits per heavy atom. The van der Waals surface area contributed by atoms with E-state index in [9.17, 15) is 0 Å². The number of benzene rings is 1. The van der Waals surface area contributed by atoms with Gasteiger partial charge >= 0.3 is 0 Å². The number of fused-ring (bicyclic) bond motifs is 1. The van der Waals surface area contributed by atoms with Gasteiger partial charge in [-0.1, -0.05) is 24.3 Å². The maximum atomic E-state index is 6.22. The van der Waals surface area contributed by atoms with Gasteiger partial charge in [-0.15, -0.1) is 6.58 Å². The molecule has 0 aliphatic carbocycles. The van der Waals surface area contributed by atoms with E-state index in [4.69, 9.17) is 10.5 Å². The fraction of sp³-hybridized carbons (Fsp3) is 0.385. The Balaban J connectivity index is 2.14. The molecule has 1 aliphatic rings. The van der Waals surface area contributed by atoms with Crippen molar-refractivity contribution in [2.45, 2.75) is 18.9 Å². The van der Waals surface area contributed by atoms with Crippen LogP contribution < -0.4 is 10.5 Å². The van der Waals surface area contributed by atoms with Gasteiger partial charge < -0.3 is 10.5 Å². The van der Waals surface area contributed by atoms with Crippen LogP contribution in [-0.4, -0.2) is 6.61 Å². The second-order valence-electron chi connectivity index (χ2n) is 4.00. The van der Waals surface area contributed by atoms with Crippen LogP contribution in [-0.2, 0) is 0 Å². The second-order valence-corrected chi connectivity index (χ2v) is 4.00. The molecule has 1 aliphatic heterocycles. The van der Waals surface area contributed by atoms with E-state index in [2.05, 4.69) is 12.6 Å². The van der Waals surface area contributed by atoms with Gasteiger partial charge in [0.2, 0.25) is 0 Å². The van der Waals surface area contributed by atoms with Crippen molar-refractivity contribution in [2.24, 2.45) is 11.7 Å².